The summed E-state index contributed by atoms with van der Waals surface area (Å²) in [6.07, 6.45) is 5.40. The molecule has 0 fully saturated rings. The molecule has 0 unspecified atom stereocenters. The van der Waals surface area contributed by atoms with Crippen LogP contribution in [0.4, 0.5) is 0 Å². The van der Waals surface area contributed by atoms with Crippen LogP contribution in [0.25, 0.3) is 0 Å². The van der Waals surface area contributed by atoms with E-state index < -0.39 is 0 Å². The van der Waals surface area contributed by atoms with Crippen LogP contribution >= 0.6 is 24.8 Å². The number of aromatic nitrogens is 4. The minimum atomic E-state index is 0. The smallest absolute Gasteiger partial charge is 0.0962 e. The first kappa shape index (κ1) is 14.8. The molecular weight excluding hydrogens is 249 g/mol. The topological polar surface area (TPSA) is 69.6 Å². The van der Waals surface area contributed by atoms with Crippen LogP contribution < -0.4 is 5.73 Å². The lowest BCUT2D eigenvalue weighted by Crippen LogP contribution is -2.00. The third kappa shape index (κ3) is 3.77. The second-order valence-electron chi connectivity index (χ2n) is 2.97. The summed E-state index contributed by atoms with van der Waals surface area (Å²) in [5.74, 6) is 0. The van der Waals surface area contributed by atoms with Gasteiger partial charge in [0.2, 0.25) is 0 Å². The summed E-state index contributed by atoms with van der Waals surface area (Å²) in [6, 6.07) is 3.90. The van der Waals surface area contributed by atoms with Crippen LogP contribution in [0.15, 0.2) is 30.7 Å². The molecule has 0 saturated carbocycles. The second kappa shape index (κ2) is 7.16. The van der Waals surface area contributed by atoms with Crippen molar-refractivity contribution in [2.75, 3.05) is 0 Å². The number of rotatable bonds is 3. The highest BCUT2D eigenvalue weighted by Gasteiger charge is 1.98. The van der Waals surface area contributed by atoms with Crippen LogP contribution in [-0.2, 0) is 13.1 Å². The summed E-state index contributed by atoms with van der Waals surface area (Å²) in [7, 11) is 0. The molecule has 16 heavy (non-hydrogen) atoms. The number of nitrogens with zero attached hydrogens (tertiary/aromatic N) is 4. The molecule has 7 heteroatoms. The van der Waals surface area contributed by atoms with Gasteiger partial charge in [-0.25, -0.2) is 4.68 Å². The van der Waals surface area contributed by atoms with Gasteiger partial charge >= 0.3 is 0 Å². The zero-order valence-corrected chi connectivity index (χ0v) is 10.1. The quantitative estimate of drug-likeness (QED) is 0.896. The second-order valence-corrected chi connectivity index (χ2v) is 2.97. The fourth-order valence-electron chi connectivity index (χ4n) is 1.19. The predicted molar refractivity (Wildman–Crippen MR) is 65.7 cm³/mol. The van der Waals surface area contributed by atoms with E-state index in [2.05, 4.69) is 15.3 Å². The van der Waals surface area contributed by atoms with Crippen molar-refractivity contribution in [3.63, 3.8) is 0 Å². The molecule has 0 aliphatic heterocycles. The molecular formula is C9H13Cl2N5. The average molecular weight is 262 g/mol. The third-order valence-corrected chi connectivity index (χ3v) is 1.86. The van der Waals surface area contributed by atoms with E-state index in [4.69, 9.17) is 5.73 Å². The summed E-state index contributed by atoms with van der Waals surface area (Å²) in [6.45, 7) is 1.11. The molecule has 2 heterocycles. The van der Waals surface area contributed by atoms with E-state index in [1.807, 2.05) is 24.5 Å². The Hall–Kier alpha value is -1.17. The molecule has 0 saturated heterocycles. The number of pyridine rings is 1. The van der Waals surface area contributed by atoms with Gasteiger partial charge in [0.15, 0.2) is 0 Å². The molecule has 0 bridgehead atoms. The molecule has 88 valence electrons. The van der Waals surface area contributed by atoms with Gasteiger partial charge in [0.25, 0.3) is 0 Å². The first-order valence-corrected chi connectivity index (χ1v) is 4.36. The molecule has 5 nitrogen and oxygen atoms in total. The van der Waals surface area contributed by atoms with Crippen LogP contribution in [0.5, 0.6) is 0 Å². The van der Waals surface area contributed by atoms with E-state index in [1.165, 1.54) is 0 Å². The first-order chi connectivity index (χ1) is 6.88. The molecule has 0 aliphatic rings. The molecule has 0 atom stereocenters. The minimum absolute atomic E-state index is 0. The molecule has 2 N–H and O–H groups in total. The molecule has 2 rings (SSSR count). The molecule has 0 aromatic carbocycles. The first-order valence-electron chi connectivity index (χ1n) is 4.36. The third-order valence-electron chi connectivity index (χ3n) is 1.86. The molecule has 0 aliphatic carbocycles. The van der Waals surface area contributed by atoms with E-state index in [1.54, 1.807) is 10.9 Å². The zero-order valence-electron chi connectivity index (χ0n) is 8.48. The van der Waals surface area contributed by atoms with E-state index in [0.29, 0.717) is 13.1 Å². The zero-order chi connectivity index (χ0) is 9.80. The van der Waals surface area contributed by atoms with Crippen LogP contribution in [0, 0.1) is 0 Å². The summed E-state index contributed by atoms with van der Waals surface area (Å²) >= 11 is 0. The molecule has 2 aromatic rings. The van der Waals surface area contributed by atoms with Crippen molar-refractivity contribution in [3.05, 3.63) is 42.0 Å². The summed E-state index contributed by atoms with van der Waals surface area (Å²) in [5.41, 5.74) is 7.33. The average Bonchev–Trinajstić information content (AvgIpc) is 2.67. The van der Waals surface area contributed by atoms with Gasteiger partial charge in [0.1, 0.15) is 0 Å². The lowest BCUT2D eigenvalue weighted by molar-refractivity contribution is 0.647. The van der Waals surface area contributed by atoms with Gasteiger partial charge in [-0.15, -0.1) is 29.9 Å². The SMILES string of the molecule is Cl.Cl.NCc1cn(Cc2cccnc2)nn1. The Bertz CT molecular complexity index is 403. The van der Waals surface area contributed by atoms with Crippen LogP contribution in [-0.4, -0.2) is 20.0 Å². The highest BCUT2D eigenvalue weighted by molar-refractivity contribution is 5.85. The lowest BCUT2D eigenvalue weighted by atomic mass is 10.3. The van der Waals surface area contributed by atoms with Crippen molar-refractivity contribution in [2.45, 2.75) is 13.1 Å². The van der Waals surface area contributed by atoms with Crippen LogP contribution in [0.3, 0.4) is 0 Å². The van der Waals surface area contributed by atoms with Crippen molar-refractivity contribution in [3.8, 4) is 0 Å². The van der Waals surface area contributed by atoms with Gasteiger partial charge in [-0.3, -0.25) is 4.98 Å². The van der Waals surface area contributed by atoms with Crippen molar-refractivity contribution in [1.29, 1.82) is 0 Å². The highest BCUT2D eigenvalue weighted by Crippen LogP contribution is 1.99. The Labute approximate surface area is 106 Å². The maximum Gasteiger partial charge on any atom is 0.0962 e. The fourth-order valence-corrected chi connectivity index (χ4v) is 1.19. The monoisotopic (exact) mass is 261 g/mol. The fraction of sp³-hybridized carbons (Fsp3) is 0.222. The minimum Gasteiger partial charge on any atom is -0.325 e. The maximum atomic E-state index is 5.43. The summed E-state index contributed by atoms with van der Waals surface area (Å²) < 4.78 is 1.75. The standard InChI is InChI=1S/C9H11N5.2ClH/c10-4-9-7-14(13-12-9)6-8-2-1-3-11-5-8;;/h1-3,5,7H,4,6,10H2;2*1H. The maximum absolute atomic E-state index is 5.43. The van der Waals surface area contributed by atoms with Gasteiger partial charge in [0.05, 0.1) is 18.4 Å². The van der Waals surface area contributed by atoms with Crippen LogP contribution in [0.2, 0.25) is 0 Å². The van der Waals surface area contributed by atoms with Crippen molar-refractivity contribution >= 4 is 24.8 Å². The Morgan fingerprint density at radius 2 is 2.12 bits per heavy atom. The number of hydrogen-bond acceptors (Lipinski definition) is 4. The molecule has 0 radical (unpaired) electrons. The lowest BCUT2D eigenvalue weighted by Gasteiger charge is -1.98. The predicted octanol–water partition coefficient (Wildman–Crippen LogP) is 1.02. The van der Waals surface area contributed by atoms with Crippen molar-refractivity contribution < 1.29 is 0 Å². The number of hydrogen-bond donors (Lipinski definition) is 1. The number of halogens is 2. The Morgan fingerprint density at radius 1 is 1.31 bits per heavy atom. The Balaban J connectivity index is 0.00000112. The normalized spacial score (nSPS) is 9.06. The van der Waals surface area contributed by atoms with E-state index in [9.17, 15) is 0 Å². The van der Waals surface area contributed by atoms with Crippen molar-refractivity contribution in [1.82, 2.24) is 20.0 Å². The summed E-state index contributed by atoms with van der Waals surface area (Å²) in [5, 5.41) is 7.84. The van der Waals surface area contributed by atoms with Gasteiger partial charge in [0, 0.05) is 18.9 Å². The molecule has 0 spiro atoms. The van der Waals surface area contributed by atoms with Crippen LogP contribution in [0.1, 0.15) is 11.3 Å². The van der Waals surface area contributed by atoms with Gasteiger partial charge in [-0.1, -0.05) is 11.3 Å². The largest absolute Gasteiger partial charge is 0.325 e. The van der Waals surface area contributed by atoms with Gasteiger partial charge < -0.3 is 5.73 Å². The molecule has 2 aromatic heterocycles. The highest BCUT2D eigenvalue weighted by atomic mass is 35.5. The Kier molecular flexibility index (Phi) is 6.64. The van der Waals surface area contributed by atoms with E-state index in [0.717, 1.165) is 11.3 Å². The molecule has 0 amide bonds. The Morgan fingerprint density at radius 3 is 2.69 bits per heavy atom. The number of nitrogens with two attached hydrogens (primary N) is 1. The van der Waals surface area contributed by atoms with Gasteiger partial charge in [-0.2, -0.15) is 0 Å². The van der Waals surface area contributed by atoms with E-state index in [-0.39, 0.29) is 24.8 Å². The van der Waals surface area contributed by atoms with Crippen molar-refractivity contribution in [2.24, 2.45) is 5.73 Å². The van der Waals surface area contributed by atoms with E-state index >= 15 is 0 Å². The summed E-state index contributed by atoms with van der Waals surface area (Å²) in [4.78, 5) is 4.02. The van der Waals surface area contributed by atoms with Gasteiger partial charge in [-0.05, 0) is 11.6 Å².